The highest BCUT2D eigenvalue weighted by molar-refractivity contribution is 5.39. The summed E-state index contributed by atoms with van der Waals surface area (Å²) in [6.07, 6.45) is -0.392. The van der Waals surface area contributed by atoms with Crippen LogP contribution in [0.5, 0.6) is 0 Å². The van der Waals surface area contributed by atoms with Crippen LogP contribution in [0.3, 0.4) is 0 Å². The van der Waals surface area contributed by atoms with Crippen LogP contribution in [0.1, 0.15) is 6.92 Å². The van der Waals surface area contributed by atoms with Crippen LogP contribution < -0.4 is 16.4 Å². The van der Waals surface area contributed by atoms with Gasteiger partial charge in [-0.2, -0.15) is 15.0 Å². The van der Waals surface area contributed by atoms with Crippen molar-refractivity contribution in [3.05, 3.63) is 0 Å². The zero-order valence-corrected chi connectivity index (χ0v) is 8.58. The number of nitrogens with zero attached hydrogens (tertiary/aromatic N) is 4. The van der Waals surface area contributed by atoms with Crippen LogP contribution in [0, 0.1) is 0 Å². The molecule has 0 spiro atoms. The largest absolute Gasteiger partial charge is 0.376 e. The molecule has 8 heteroatoms. The number of hydrogen-bond donors (Lipinski definition) is 3. The van der Waals surface area contributed by atoms with Crippen molar-refractivity contribution in [1.82, 2.24) is 15.0 Å². The van der Waals surface area contributed by atoms with Crippen molar-refractivity contribution in [3.63, 3.8) is 0 Å². The Morgan fingerprint density at radius 3 is 2.27 bits per heavy atom. The molecule has 1 heterocycles. The zero-order chi connectivity index (χ0) is 11.4. The van der Waals surface area contributed by atoms with E-state index in [1.54, 1.807) is 6.92 Å². The third-order valence-corrected chi connectivity index (χ3v) is 1.85. The first-order chi connectivity index (χ1) is 7.08. The predicted octanol–water partition coefficient (Wildman–Crippen LogP) is -1.22. The Hall–Kier alpha value is -1.67. The molecule has 0 aliphatic carbocycles. The van der Waals surface area contributed by atoms with Crippen molar-refractivity contribution >= 4 is 17.8 Å². The number of aliphatic hydroxyl groups is 1. The van der Waals surface area contributed by atoms with E-state index in [-0.39, 0.29) is 24.6 Å². The van der Waals surface area contributed by atoms with E-state index in [1.807, 2.05) is 0 Å². The van der Waals surface area contributed by atoms with Gasteiger partial charge in [0, 0.05) is 7.11 Å². The second kappa shape index (κ2) is 4.71. The second-order valence-electron chi connectivity index (χ2n) is 2.80. The molecule has 5 N–H and O–H groups in total. The highest BCUT2D eigenvalue weighted by atomic mass is 16.5. The first-order valence-corrected chi connectivity index (χ1v) is 4.25. The number of methoxy groups -OCH3 is 1. The Bertz CT molecular complexity index is 313. The maximum absolute atomic E-state index is 9.13. The maximum Gasteiger partial charge on any atom is 0.235 e. The molecule has 1 unspecified atom stereocenters. The Labute approximate surface area is 86.9 Å². The number of ether oxygens (including phenoxy) is 1. The van der Waals surface area contributed by atoms with E-state index < -0.39 is 6.23 Å². The molecule has 84 valence electrons. The number of rotatable bonds is 4. The normalized spacial score (nSPS) is 12.5. The molecule has 8 nitrogen and oxygen atoms in total. The van der Waals surface area contributed by atoms with Crippen molar-refractivity contribution < 1.29 is 9.84 Å². The molecule has 0 saturated heterocycles. The Balaban J connectivity index is 3.01. The number of nitrogens with two attached hydrogens (primary N) is 2. The fraction of sp³-hybridized carbons (Fsp3) is 0.571. The van der Waals surface area contributed by atoms with Gasteiger partial charge < -0.3 is 21.3 Å². The fourth-order valence-electron chi connectivity index (χ4n) is 0.994. The summed E-state index contributed by atoms with van der Waals surface area (Å²) in [6.45, 7) is 1.42. The minimum absolute atomic E-state index is 0.000692. The third kappa shape index (κ3) is 2.64. The van der Waals surface area contributed by atoms with Gasteiger partial charge in [-0.15, -0.1) is 0 Å². The summed E-state index contributed by atoms with van der Waals surface area (Å²) in [5.41, 5.74) is 10.8. The zero-order valence-electron chi connectivity index (χ0n) is 8.58. The highest BCUT2D eigenvalue weighted by Gasteiger charge is 2.16. The molecule has 0 aliphatic heterocycles. The first-order valence-electron chi connectivity index (χ1n) is 4.25. The Morgan fingerprint density at radius 2 is 1.87 bits per heavy atom. The number of hydrogen-bond acceptors (Lipinski definition) is 8. The molecule has 0 bridgehead atoms. The lowest BCUT2D eigenvalue weighted by atomic mass is 10.5. The van der Waals surface area contributed by atoms with Gasteiger partial charge in [-0.3, -0.25) is 4.90 Å². The first kappa shape index (κ1) is 11.4. The van der Waals surface area contributed by atoms with Crippen LogP contribution in [-0.2, 0) is 4.74 Å². The van der Waals surface area contributed by atoms with E-state index in [4.69, 9.17) is 21.3 Å². The number of aromatic nitrogens is 3. The predicted molar refractivity (Wildman–Crippen MR) is 54.7 cm³/mol. The van der Waals surface area contributed by atoms with E-state index in [0.29, 0.717) is 0 Å². The van der Waals surface area contributed by atoms with E-state index in [0.717, 1.165) is 0 Å². The van der Waals surface area contributed by atoms with E-state index in [9.17, 15) is 0 Å². The quantitative estimate of drug-likeness (QED) is 0.533. The topological polar surface area (TPSA) is 123 Å². The molecule has 0 radical (unpaired) electrons. The minimum atomic E-state index is -0.392. The van der Waals surface area contributed by atoms with Crippen LogP contribution >= 0.6 is 0 Å². The maximum atomic E-state index is 9.13. The van der Waals surface area contributed by atoms with Gasteiger partial charge in [-0.05, 0) is 6.92 Å². The summed E-state index contributed by atoms with van der Waals surface area (Å²) in [5, 5.41) is 9.13. The van der Waals surface area contributed by atoms with Crippen LogP contribution in [0.25, 0.3) is 0 Å². The van der Waals surface area contributed by atoms with Crippen molar-refractivity contribution in [2.75, 3.05) is 30.2 Å². The van der Waals surface area contributed by atoms with Crippen LogP contribution in [-0.4, -0.2) is 40.1 Å². The average Bonchev–Trinajstić information content (AvgIpc) is 2.17. The van der Waals surface area contributed by atoms with Crippen LogP contribution in [0.4, 0.5) is 17.8 Å². The monoisotopic (exact) mass is 214 g/mol. The van der Waals surface area contributed by atoms with Gasteiger partial charge in [-0.1, -0.05) is 0 Å². The molecular weight excluding hydrogens is 200 g/mol. The number of anilines is 3. The third-order valence-electron chi connectivity index (χ3n) is 1.85. The van der Waals surface area contributed by atoms with Gasteiger partial charge in [-0.25, -0.2) is 0 Å². The van der Waals surface area contributed by atoms with Gasteiger partial charge in [0.25, 0.3) is 0 Å². The second-order valence-corrected chi connectivity index (χ2v) is 2.80. The lowest BCUT2D eigenvalue weighted by Crippen LogP contribution is -2.36. The molecule has 0 aliphatic rings. The molecular formula is C7H14N6O2. The van der Waals surface area contributed by atoms with Crippen LogP contribution in [0.15, 0.2) is 0 Å². The van der Waals surface area contributed by atoms with E-state index >= 15 is 0 Å². The van der Waals surface area contributed by atoms with E-state index in [1.165, 1.54) is 12.0 Å². The highest BCUT2D eigenvalue weighted by Crippen LogP contribution is 2.12. The summed E-state index contributed by atoms with van der Waals surface area (Å²) in [5.74, 6) is 0.176. The summed E-state index contributed by atoms with van der Waals surface area (Å²) in [4.78, 5) is 12.7. The lowest BCUT2D eigenvalue weighted by molar-refractivity contribution is 0.0924. The molecule has 1 aromatic heterocycles. The van der Waals surface area contributed by atoms with Gasteiger partial charge in [0.1, 0.15) is 13.0 Å². The van der Waals surface area contributed by atoms with Crippen molar-refractivity contribution in [2.24, 2.45) is 0 Å². The summed E-state index contributed by atoms with van der Waals surface area (Å²) in [7, 11) is 1.50. The molecule has 0 saturated carbocycles. The van der Waals surface area contributed by atoms with Gasteiger partial charge in [0.2, 0.25) is 17.8 Å². The van der Waals surface area contributed by atoms with Gasteiger partial charge in [0.15, 0.2) is 0 Å². The smallest absolute Gasteiger partial charge is 0.235 e. The fourth-order valence-corrected chi connectivity index (χ4v) is 0.994. The van der Waals surface area contributed by atoms with Gasteiger partial charge in [0.05, 0.1) is 0 Å². The Morgan fingerprint density at radius 1 is 1.33 bits per heavy atom. The average molecular weight is 214 g/mol. The molecule has 0 aromatic carbocycles. The SMILES string of the molecule is COC(C)N(CO)c1nc(N)nc(N)n1. The molecule has 1 rings (SSSR count). The summed E-state index contributed by atoms with van der Waals surface area (Å²) >= 11 is 0. The van der Waals surface area contributed by atoms with E-state index in [2.05, 4.69) is 15.0 Å². The molecule has 15 heavy (non-hydrogen) atoms. The van der Waals surface area contributed by atoms with Crippen molar-refractivity contribution in [2.45, 2.75) is 13.2 Å². The minimum Gasteiger partial charge on any atom is -0.376 e. The number of aliphatic hydroxyl groups excluding tert-OH is 1. The van der Waals surface area contributed by atoms with Gasteiger partial charge >= 0.3 is 0 Å². The lowest BCUT2D eigenvalue weighted by Gasteiger charge is -2.25. The summed E-state index contributed by atoms with van der Waals surface area (Å²) in [6, 6.07) is 0. The standard InChI is InChI=1S/C7H14N6O2/c1-4(15-2)13(3-14)7-11-5(8)10-6(9)12-7/h4,14H,3H2,1-2H3,(H4,8,9,10,11,12). The molecule has 0 amide bonds. The Kier molecular flexibility index (Phi) is 3.58. The molecule has 1 aromatic rings. The van der Waals surface area contributed by atoms with Crippen LogP contribution in [0.2, 0.25) is 0 Å². The number of nitrogen functional groups attached to an aromatic ring is 2. The van der Waals surface area contributed by atoms with Crippen molar-refractivity contribution in [3.8, 4) is 0 Å². The summed E-state index contributed by atoms with van der Waals surface area (Å²) < 4.78 is 5.02. The molecule has 1 atom stereocenters. The molecule has 0 fully saturated rings. The van der Waals surface area contributed by atoms with Crippen molar-refractivity contribution in [1.29, 1.82) is 0 Å².